The van der Waals surface area contributed by atoms with Crippen LogP contribution in [0.5, 0.6) is 0 Å². The first kappa shape index (κ1) is 15.8. The summed E-state index contributed by atoms with van der Waals surface area (Å²) in [6, 6.07) is 0. The van der Waals surface area contributed by atoms with Crippen LogP contribution in [0.15, 0.2) is 0 Å². The van der Waals surface area contributed by atoms with Gasteiger partial charge in [0, 0.05) is 0 Å². The van der Waals surface area contributed by atoms with Crippen molar-refractivity contribution in [1.82, 2.24) is 0 Å². The van der Waals surface area contributed by atoms with Gasteiger partial charge in [-0.25, -0.2) is 0 Å². The van der Waals surface area contributed by atoms with E-state index in [-0.39, 0.29) is 28.5 Å². The number of hydrogen-bond acceptors (Lipinski definition) is 2. The van der Waals surface area contributed by atoms with Gasteiger partial charge in [-0.1, -0.05) is 0 Å². The van der Waals surface area contributed by atoms with Gasteiger partial charge >= 0.3 is 49.8 Å². The summed E-state index contributed by atoms with van der Waals surface area (Å²) in [6.45, 7) is 0. The van der Waals surface area contributed by atoms with Crippen molar-refractivity contribution < 1.29 is 32.3 Å². The molecule has 6 heteroatoms. The molecule has 0 aromatic rings. The van der Waals surface area contributed by atoms with Crippen LogP contribution in [0.4, 0.5) is 0 Å². The van der Waals surface area contributed by atoms with Gasteiger partial charge in [0.1, 0.15) is 0 Å². The fourth-order valence-corrected chi connectivity index (χ4v) is 0. The van der Waals surface area contributed by atoms with Gasteiger partial charge in [0.15, 0.2) is 0 Å². The van der Waals surface area contributed by atoms with Gasteiger partial charge in [-0.15, -0.1) is 0 Å². The second-order valence-electron chi connectivity index (χ2n) is 0.238. The zero-order valence-corrected chi connectivity index (χ0v) is 3.61. The van der Waals surface area contributed by atoms with E-state index in [9.17, 15) is 0 Å². The molecule has 0 aliphatic carbocycles. The second kappa shape index (κ2) is 9.30. The van der Waals surface area contributed by atoms with Crippen LogP contribution in [0.1, 0.15) is 0 Å². The summed E-state index contributed by atoms with van der Waals surface area (Å²) in [5, 5.41) is 0. The minimum atomic E-state index is -3.69. The Morgan fingerprint density at radius 1 is 1.33 bits per heavy atom. The van der Waals surface area contributed by atoms with E-state index in [2.05, 4.69) is 0 Å². The molecule has 0 saturated heterocycles. The molecule has 0 aromatic carbocycles. The van der Waals surface area contributed by atoms with Crippen molar-refractivity contribution >= 4 is 23.1 Å². The van der Waals surface area contributed by atoms with Crippen LogP contribution < -0.4 is 0 Å². The summed E-state index contributed by atoms with van der Waals surface area (Å²) >= 11 is -3.69. The van der Waals surface area contributed by atoms with Crippen molar-refractivity contribution in [2.75, 3.05) is 0 Å². The fourth-order valence-electron chi connectivity index (χ4n) is 0. The van der Waals surface area contributed by atoms with Crippen molar-refractivity contribution in [3.63, 3.8) is 0 Å². The van der Waals surface area contributed by atoms with Crippen molar-refractivity contribution in [2.24, 2.45) is 0 Å². The molecule has 0 radical (unpaired) electrons. The standard InChI is InChI=1S/Mg.2H2O.2O.V.2H/h;2*1H2;;;;;/q;;;;;+1;;/p-1. The van der Waals surface area contributed by atoms with Gasteiger partial charge < -0.3 is 5.48 Å². The van der Waals surface area contributed by atoms with E-state index < -0.39 is 15.4 Å². The molecule has 0 heterocycles. The molecule has 3 N–H and O–H groups in total. The monoisotopic (exact) mass is 144 g/mol. The molecule has 0 saturated carbocycles. The van der Waals surface area contributed by atoms with Crippen molar-refractivity contribution in [3.8, 4) is 0 Å². The molecule has 0 fully saturated rings. The molecule has 0 spiro atoms. The molecule has 0 amide bonds. The maximum atomic E-state index is 8.67. The SMILES string of the molecule is O.[MgH2].[O]=[V](=[O])[OH]. The fraction of sp³-hybridized carbons (Fsp3) is 0. The average Bonchev–Trinajstić information content (AvgIpc) is 0.811. The molecular formula is H5MgO4V. The van der Waals surface area contributed by atoms with E-state index in [1.807, 2.05) is 0 Å². The molecule has 0 aliphatic heterocycles. The van der Waals surface area contributed by atoms with Crippen LogP contribution in [-0.4, -0.2) is 32.6 Å². The van der Waals surface area contributed by atoms with Crippen LogP contribution >= 0.6 is 0 Å². The molecule has 0 aromatic heterocycles. The van der Waals surface area contributed by atoms with Crippen molar-refractivity contribution in [3.05, 3.63) is 0 Å². The third kappa shape index (κ3) is 96.3. The van der Waals surface area contributed by atoms with E-state index in [0.717, 1.165) is 0 Å². The first-order valence-corrected chi connectivity index (χ1v) is 2.33. The third-order valence-electron chi connectivity index (χ3n) is 0. The zero-order valence-electron chi connectivity index (χ0n) is 2.21. The summed E-state index contributed by atoms with van der Waals surface area (Å²) in [4.78, 5) is 0. The molecule has 0 bridgehead atoms. The van der Waals surface area contributed by atoms with Gasteiger partial charge in [0.05, 0.1) is 0 Å². The normalized spacial score (nSPS) is 4.17. The Hall–Kier alpha value is 0.871. The van der Waals surface area contributed by atoms with E-state index in [4.69, 9.17) is 11.4 Å². The molecule has 0 atom stereocenters. The van der Waals surface area contributed by atoms with E-state index in [0.29, 0.717) is 0 Å². The molecule has 36 valence electrons. The van der Waals surface area contributed by atoms with E-state index in [1.165, 1.54) is 0 Å². The Balaban J connectivity index is -0.0000000450. The Bertz CT molecular complexity index is 55.9. The van der Waals surface area contributed by atoms with E-state index in [1.54, 1.807) is 0 Å². The van der Waals surface area contributed by atoms with Crippen LogP contribution in [-0.2, 0) is 22.7 Å². The van der Waals surface area contributed by atoms with Gasteiger partial charge in [0.2, 0.25) is 0 Å². The van der Waals surface area contributed by atoms with Crippen LogP contribution in [0.25, 0.3) is 0 Å². The van der Waals surface area contributed by atoms with Gasteiger partial charge in [0.25, 0.3) is 0 Å². The van der Waals surface area contributed by atoms with Crippen LogP contribution in [0, 0.1) is 0 Å². The van der Waals surface area contributed by atoms with E-state index >= 15 is 0 Å². The zero-order chi connectivity index (χ0) is 3.58. The van der Waals surface area contributed by atoms with Crippen LogP contribution in [0.3, 0.4) is 0 Å². The maximum absolute atomic E-state index is 8.67. The summed E-state index contributed by atoms with van der Waals surface area (Å²) in [6.07, 6.45) is 0. The molecule has 0 rings (SSSR count). The van der Waals surface area contributed by atoms with Crippen molar-refractivity contribution in [1.29, 1.82) is 0 Å². The second-order valence-corrected chi connectivity index (χ2v) is 0.981. The molecule has 0 aliphatic rings. The predicted octanol–water partition coefficient (Wildman–Crippen LogP) is -2.54. The number of hydrogen-bond donors (Lipinski definition) is 1. The minimum absolute atomic E-state index is 0. The van der Waals surface area contributed by atoms with Crippen molar-refractivity contribution in [2.45, 2.75) is 0 Å². The predicted molar refractivity (Wildman–Crippen MR) is 15.7 cm³/mol. The Morgan fingerprint density at radius 3 is 1.33 bits per heavy atom. The number of rotatable bonds is 0. The third-order valence-corrected chi connectivity index (χ3v) is 0. The van der Waals surface area contributed by atoms with Gasteiger partial charge in [-0.3, -0.25) is 0 Å². The summed E-state index contributed by atoms with van der Waals surface area (Å²) < 4.78 is 24.4. The Morgan fingerprint density at radius 2 is 1.33 bits per heavy atom. The molecule has 6 heavy (non-hydrogen) atoms. The summed E-state index contributed by atoms with van der Waals surface area (Å²) in [5.41, 5.74) is 0. The quantitative estimate of drug-likeness (QED) is 0.380. The van der Waals surface area contributed by atoms with Gasteiger partial charge in [-0.2, -0.15) is 0 Å². The summed E-state index contributed by atoms with van der Waals surface area (Å²) in [7, 11) is 0. The van der Waals surface area contributed by atoms with Crippen LogP contribution in [0.2, 0.25) is 0 Å². The first-order valence-electron chi connectivity index (χ1n) is 0.565. The molecule has 0 unspecified atom stereocenters. The Labute approximate surface area is 55.4 Å². The average molecular weight is 144 g/mol. The first-order chi connectivity index (χ1) is 1.73. The topological polar surface area (TPSA) is 85.9 Å². The Kier molecular flexibility index (Phi) is 24.5. The molecular weight excluding hydrogens is 139 g/mol. The van der Waals surface area contributed by atoms with Gasteiger partial charge in [-0.05, 0) is 0 Å². The summed E-state index contributed by atoms with van der Waals surface area (Å²) in [5.74, 6) is 0. The molecule has 4 nitrogen and oxygen atoms in total.